The van der Waals surface area contributed by atoms with Gasteiger partial charge in [-0.1, -0.05) is 19.1 Å². The molecule has 0 fully saturated rings. The lowest BCUT2D eigenvalue weighted by Crippen LogP contribution is -2.23. The number of aliphatic carboxylic acids is 1. The summed E-state index contributed by atoms with van der Waals surface area (Å²) in [5.74, 6) is -0.536. The lowest BCUT2D eigenvalue weighted by Gasteiger charge is -2.07. The van der Waals surface area contributed by atoms with E-state index < -0.39 is 17.7 Å². The van der Waals surface area contributed by atoms with Crippen LogP contribution in [0, 0.1) is 0 Å². The molecule has 2 heterocycles. The van der Waals surface area contributed by atoms with Gasteiger partial charge in [-0.2, -0.15) is 13.2 Å². The summed E-state index contributed by atoms with van der Waals surface area (Å²) in [6, 6.07) is 7.57. The average Bonchev–Trinajstić information content (AvgIpc) is 3.30. The highest BCUT2D eigenvalue weighted by Gasteiger charge is 2.30. The number of benzene rings is 1. The Bertz CT molecular complexity index is 1020. The molecule has 1 N–H and O–H groups in total. The summed E-state index contributed by atoms with van der Waals surface area (Å²) < 4.78 is 44.0. The molecule has 0 radical (unpaired) electrons. The van der Waals surface area contributed by atoms with E-state index >= 15 is 0 Å². The fourth-order valence-corrected chi connectivity index (χ4v) is 2.98. The van der Waals surface area contributed by atoms with Gasteiger partial charge >= 0.3 is 6.18 Å². The van der Waals surface area contributed by atoms with E-state index in [9.17, 15) is 23.1 Å². The van der Waals surface area contributed by atoms with Crippen molar-refractivity contribution in [2.45, 2.75) is 24.7 Å². The summed E-state index contributed by atoms with van der Waals surface area (Å²) in [7, 11) is 0. The van der Waals surface area contributed by atoms with Crippen LogP contribution in [0.15, 0.2) is 50.9 Å². The van der Waals surface area contributed by atoms with Crippen molar-refractivity contribution in [3.05, 3.63) is 58.5 Å². The second kappa shape index (κ2) is 7.93. The van der Waals surface area contributed by atoms with Crippen molar-refractivity contribution in [3.8, 4) is 11.3 Å². The first-order valence-electron chi connectivity index (χ1n) is 8.06. The normalized spacial score (nSPS) is 12.4. The highest BCUT2D eigenvalue weighted by molar-refractivity contribution is 8.04. The van der Waals surface area contributed by atoms with E-state index in [1.807, 2.05) is 6.92 Å². The zero-order valence-electron chi connectivity index (χ0n) is 14.4. The topological polar surface area (TPSA) is 94.8 Å². The molecule has 0 amide bonds. The quantitative estimate of drug-likeness (QED) is 0.495. The Morgan fingerprint density at radius 1 is 1.32 bits per heavy atom. The van der Waals surface area contributed by atoms with Gasteiger partial charge in [-0.15, -0.1) is 5.10 Å². The number of hydrogen-bond donors (Lipinski definition) is 1. The summed E-state index contributed by atoms with van der Waals surface area (Å²) in [5.41, 5.74) is -0.584. The van der Waals surface area contributed by atoms with E-state index in [0.717, 1.165) is 23.9 Å². The summed E-state index contributed by atoms with van der Waals surface area (Å²) in [6.45, 7) is 1.86. The molecule has 146 valence electrons. The van der Waals surface area contributed by atoms with Crippen LogP contribution in [0.5, 0.6) is 0 Å². The highest BCUT2D eigenvalue weighted by Crippen LogP contribution is 2.33. The van der Waals surface area contributed by atoms with Gasteiger partial charge in [0.1, 0.15) is 17.3 Å². The Morgan fingerprint density at radius 2 is 2.11 bits per heavy atom. The van der Waals surface area contributed by atoms with Gasteiger partial charge in [0.05, 0.1) is 11.5 Å². The number of aromatic amines is 1. The molecule has 1 aromatic carbocycles. The Hall–Kier alpha value is -3.01. The molecule has 0 aliphatic rings. The van der Waals surface area contributed by atoms with Crippen molar-refractivity contribution in [1.82, 2.24) is 15.2 Å². The van der Waals surface area contributed by atoms with Crippen LogP contribution in [0.4, 0.5) is 13.2 Å². The van der Waals surface area contributed by atoms with Crippen molar-refractivity contribution >= 4 is 23.8 Å². The van der Waals surface area contributed by atoms with E-state index in [4.69, 9.17) is 4.42 Å². The Kier molecular flexibility index (Phi) is 5.59. The number of aryl methyl sites for hydroxylation is 1. The van der Waals surface area contributed by atoms with Gasteiger partial charge in [0.2, 0.25) is 5.16 Å². The van der Waals surface area contributed by atoms with E-state index in [1.54, 1.807) is 0 Å². The molecule has 0 saturated heterocycles. The van der Waals surface area contributed by atoms with Gasteiger partial charge in [-0.3, -0.25) is 5.10 Å². The molecule has 3 aromatic rings. The number of hydrogen-bond acceptors (Lipinski definition) is 6. The van der Waals surface area contributed by atoms with Crippen molar-refractivity contribution in [2.75, 3.05) is 0 Å². The zero-order valence-corrected chi connectivity index (χ0v) is 15.2. The zero-order chi connectivity index (χ0) is 20.3. The number of thioether (sulfide) groups is 1. The smallest absolute Gasteiger partial charge is 0.416 e. The van der Waals surface area contributed by atoms with Crippen LogP contribution in [0.1, 0.15) is 24.1 Å². The minimum Gasteiger partial charge on any atom is -0.544 e. The predicted octanol–water partition coefficient (Wildman–Crippen LogP) is 3.53. The summed E-state index contributed by atoms with van der Waals surface area (Å²) >= 11 is 0.776. The number of rotatable bonds is 6. The van der Waals surface area contributed by atoms with Crippen molar-refractivity contribution in [1.29, 1.82) is 0 Å². The maximum absolute atomic E-state index is 12.9. The molecule has 6 nitrogen and oxygen atoms in total. The van der Waals surface area contributed by atoms with Crippen molar-refractivity contribution in [3.63, 3.8) is 0 Å². The summed E-state index contributed by atoms with van der Waals surface area (Å²) in [5, 5.41) is 18.2. The van der Waals surface area contributed by atoms with Gasteiger partial charge in [0.15, 0.2) is 0 Å². The molecule has 2 aromatic heterocycles. The molecular weight excluding hydrogens is 395 g/mol. The van der Waals surface area contributed by atoms with Crippen LogP contribution in [0.3, 0.4) is 0 Å². The molecule has 0 bridgehead atoms. The first-order valence-corrected chi connectivity index (χ1v) is 8.87. The molecule has 0 aliphatic carbocycles. The highest BCUT2D eigenvalue weighted by atomic mass is 32.2. The number of nitrogens with one attached hydrogen (secondary N) is 1. The number of aromatic nitrogens is 3. The fraction of sp³-hybridized carbons (Fsp3) is 0.167. The first-order chi connectivity index (χ1) is 13.3. The third kappa shape index (κ3) is 4.63. The van der Waals surface area contributed by atoms with Gasteiger partial charge in [-0.25, -0.2) is 4.98 Å². The van der Waals surface area contributed by atoms with Gasteiger partial charge in [-0.05, 0) is 42.1 Å². The third-order valence-corrected chi connectivity index (χ3v) is 4.49. The number of carbonyl (C=O) groups excluding carboxylic acids is 1. The Morgan fingerprint density at radius 3 is 2.75 bits per heavy atom. The molecule has 0 atom stereocenters. The van der Waals surface area contributed by atoms with Crippen LogP contribution in [0.25, 0.3) is 17.4 Å². The van der Waals surface area contributed by atoms with Gasteiger partial charge in [0.25, 0.3) is 0 Å². The van der Waals surface area contributed by atoms with E-state index in [-0.39, 0.29) is 27.1 Å². The minimum atomic E-state index is -4.47. The van der Waals surface area contributed by atoms with E-state index in [0.29, 0.717) is 12.2 Å². The van der Waals surface area contributed by atoms with E-state index in [2.05, 4.69) is 15.2 Å². The van der Waals surface area contributed by atoms with Crippen molar-refractivity contribution < 1.29 is 27.5 Å². The van der Waals surface area contributed by atoms with Crippen LogP contribution in [0.2, 0.25) is 0 Å². The van der Waals surface area contributed by atoms with Gasteiger partial charge < -0.3 is 14.3 Å². The molecule has 10 heteroatoms. The second-order valence-corrected chi connectivity index (χ2v) is 6.61. The number of carboxylic acids is 1. The van der Waals surface area contributed by atoms with Crippen LogP contribution < -0.4 is 5.11 Å². The molecule has 0 unspecified atom stereocenters. The summed E-state index contributed by atoms with van der Waals surface area (Å²) in [6.07, 6.45) is -2.66. The average molecular weight is 408 g/mol. The third-order valence-electron chi connectivity index (χ3n) is 3.62. The monoisotopic (exact) mass is 408 g/mol. The minimum absolute atomic E-state index is 0.144. The SMILES string of the molecule is CCc1nc(S/C(=C/c2ccc(-c3cccc(C(F)(F)F)c3)o2)C(=O)[O-])n[nH]1. The number of nitrogens with zero attached hydrogens (tertiary/aromatic N) is 2. The van der Waals surface area contributed by atoms with Crippen LogP contribution in [-0.4, -0.2) is 21.2 Å². The standard InChI is InChI=1S/C18H14F3N3O3S/c1-2-15-22-17(24-23-15)28-14(16(25)26)9-12-6-7-13(27-12)10-4-3-5-11(8-10)18(19,20)21/h3-9H,2H2,1H3,(H,25,26)(H,22,23,24)/p-1/b14-9+. The number of carboxylic acid groups (broad SMARTS) is 1. The molecule has 3 rings (SSSR count). The lowest BCUT2D eigenvalue weighted by molar-refractivity contribution is -0.298. The number of alkyl halides is 3. The molecule has 0 aliphatic heterocycles. The largest absolute Gasteiger partial charge is 0.544 e. The van der Waals surface area contributed by atoms with Gasteiger partial charge in [0, 0.05) is 16.9 Å². The van der Waals surface area contributed by atoms with Crippen LogP contribution in [-0.2, 0) is 17.4 Å². The number of H-pyrrole nitrogens is 1. The Balaban J connectivity index is 1.86. The molecule has 28 heavy (non-hydrogen) atoms. The first kappa shape index (κ1) is 19.7. The van der Waals surface area contributed by atoms with Crippen molar-refractivity contribution in [2.24, 2.45) is 0 Å². The number of carbonyl (C=O) groups is 1. The number of halogens is 3. The maximum atomic E-state index is 12.9. The molecular formula is C18H13F3N3O3S-. The van der Waals surface area contributed by atoms with E-state index in [1.165, 1.54) is 30.3 Å². The summed E-state index contributed by atoms with van der Waals surface area (Å²) in [4.78, 5) is 15.3. The maximum Gasteiger partial charge on any atom is 0.416 e. The molecule has 0 saturated carbocycles. The predicted molar refractivity (Wildman–Crippen MR) is 93.7 cm³/mol. The molecule has 0 spiro atoms. The second-order valence-electron chi connectivity index (χ2n) is 5.60. The Labute approximate surface area is 161 Å². The number of furan rings is 1. The van der Waals surface area contributed by atoms with Crippen LogP contribution >= 0.6 is 11.8 Å². The fourth-order valence-electron chi connectivity index (χ4n) is 2.27. The lowest BCUT2D eigenvalue weighted by atomic mass is 10.1.